The second-order valence-electron chi connectivity index (χ2n) is 5.81. The van der Waals surface area contributed by atoms with Crippen LogP contribution in [0.2, 0.25) is 0 Å². The summed E-state index contributed by atoms with van der Waals surface area (Å²) in [7, 11) is 0. The molecule has 2 unspecified atom stereocenters. The van der Waals surface area contributed by atoms with Crippen LogP contribution < -0.4 is 5.73 Å². The van der Waals surface area contributed by atoms with E-state index in [4.69, 9.17) is 10.5 Å². The van der Waals surface area contributed by atoms with E-state index in [1.54, 1.807) is 0 Å². The average molecular weight is 209 g/mol. The molecule has 2 heteroatoms. The molecular weight excluding hydrogens is 186 g/mol. The molecule has 3 aliphatic rings. The van der Waals surface area contributed by atoms with E-state index in [1.807, 2.05) is 0 Å². The van der Waals surface area contributed by atoms with Crippen molar-refractivity contribution in [3.05, 3.63) is 0 Å². The van der Waals surface area contributed by atoms with E-state index in [9.17, 15) is 0 Å². The van der Waals surface area contributed by atoms with Gasteiger partial charge in [-0.2, -0.15) is 0 Å². The first-order valence-corrected chi connectivity index (χ1v) is 6.72. The zero-order chi connectivity index (χ0) is 10.3. The molecule has 86 valence electrons. The van der Waals surface area contributed by atoms with Gasteiger partial charge in [-0.3, -0.25) is 0 Å². The third kappa shape index (κ3) is 1.53. The Balaban J connectivity index is 1.63. The molecule has 0 aliphatic heterocycles. The molecule has 3 rings (SSSR count). The third-order valence-corrected chi connectivity index (χ3v) is 5.04. The summed E-state index contributed by atoms with van der Waals surface area (Å²) in [5.41, 5.74) is 6.63. The normalized spacial score (nSPS) is 39.8. The summed E-state index contributed by atoms with van der Waals surface area (Å²) in [6.07, 6.45) is 13.0. The van der Waals surface area contributed by atoms with Gasteiger partial charge in [0.25, 0.3) is 0 Å². The monoisotopic (exact) mass is 209 g/mol. The molecule has 2 atom stereocenters. The van der Waals surface area contributed by atoms with Crippen molar-refractivity contribution in [2.75, 3.05) is 0 Å². The molecule has 0 aromatic carbocycles. The lowest BCUT2D eigenvalue weighted by molar-refractivity contribution is -0.182. The highest BCUT2D eigenvalue weighted by molar-refractivity contribution is 5.08. The van der Waals surface area contributed by atoms with E-state index in [-0.39, 0.29) is 0 Å². The maximum Gasteiger partial charge on any atom is 0.0664 e. The average Bonchev–Trinajstić information content (AvgIpc) is 2.22. The van der Waals surface area contributed by atoms with Crippen molar-refractivity contribution < 1.29 is 4.74 Å². The Morgan fingerprint density at radius 3 is 2.27 bits per heavy atom. The van der Waals surface area contributed by atoms with Crippen molar-refractivity contribution in [2.24, 2.45) is 11.1 Å². The number of rotatable bonds is 2. The molecule has 2 N–H and O–H groups in total. The van der Waals surface area contributed by atoms with Crippen LogP contribution in [-0.2, 0) is 4.74 Å². The first-order valence-electron chi connectivity index (χ1n) is 6.72. The van der Waals surface area contributed by atoms with Crippen molar-refractivity contribution in [3.8, 4) is 0 Å². The highest BCUT2D eigenvalue weighted by Gasteiger charge is 2.54. The molecule has 0 bridgehead atoms. The lowest BCUT2D eigenvalue weighted by Crippen LogP contribution is -2.63. The number of ether oxygens (including phenoxy) is 1. The second kappa shape index (κ2) is 3.74. The molecule has 0 saturated heterocycles. The molecule has 0 heterocycles. The Morgan fingerprint density at radius 1 is 1.00 bits per heavy atom. The minimum Gasteiger partial charge on any atom is -0.374 e. The fourth-order valence-corrected chi connectivity index (χ4v) is 3.61. The van der Waals surface area contributed by atoms with Crippen LogP contribution in [-0.4, -0.2) is 18.2 Å². The fraction of sp³-hybridized carbons (Fsp3) is 1.00. The summed E-state index contributed by atoms with van der Waals surface area (Å²) >= 11 is 0. The first-order chi connectivity index (χ1) is 7.31. The lowest BCUT2D eigenvalue weighted by atomic mass is 9.55. The highest BCUT2D eigenvalue weighted by atomic mass is 16.5. The Hall–Kier alpha value is -0.0800. The number of hydrogen-bond acceptors (Lipinski definition) is 2. The molecule has 3 saturated carbocycles. The standard InChI is InChI=1S/C13H23NO/c14-11-9-12(15-10-5-4-6-10)13(11)7-2-1-3-8-13/h10-12H,1-9,14H2. The van der Waals surface area contributed by atoms with Crippen LogP contribution in [0.1, 0.15) is 57.8 Å². The van der Waals surface area contributed by atoms with Crippen molar-refractivity contribution in [3.63, 3.8) is 0 Å². The van der Waals surface area contributed by atoms with Gasteiger partial charge in [0.15, 0.2) is 0 Å². The van der Waals surface area contributed by atoms with E-state index >= 15 is 0 Å². The van der Waals surface area contributed by atoms with Gasteiger partial charge in [-0.1, -0.05) is 19.3 Å². The van der Waals surface area contributed by atoms with Crippen LogP contribution in [0.25, 0.3) is 0 Å². The predicted molar refractivity (Wildman–Crippen MR) is 60.6 cm³/mol. The smallest absolute Gasteiger partial charge is 0.0664 e. The van der Waals surface area contributed by atoms with Crippen LogP contribution in [0.4, 0.5) is 0 Å². The Bertz CT molecular complexity index is 231. The second-order valence-corrected chi connectivity index (χ2v) is 5.81. The van der Waals surface area contributed by atoms with E-state index in [1.165, 1.54) is 51.4 Å². The Morgan fingerprint density at radius 2 is 1.73 bits per heavy atom. The van der Waals surface area contributed by atoms with Gasteiger partial charge in [0.05, 0.1) is 12.2 Å². The quantitative estimate of drug-likeness (QED) is 0.758. The molecule has 15 heavy (non-hydrogen) atoms. The molecule has 3 aliphatic carbocycles. The third-order valence-electron chi connectivity index (χ3n) is 5.04. The largest absolute Gasteiger partial charge is 0.374 e. The summed E-state index contributed by atoms with van der Waals surface area (Å²) in [5.74, 6) is 0. The predicted octanol–water partition coefficient (Wildman–Crippen LogP) is 2.61. The summed E-state index contributed by atoms with van der Waals surface area (Å²) in [5, 5.41) is 0. The van der Waals surface area contributed by atoms with Gasteiger partial charge in [-0.05, 0) is 38.5 Å². The molecule has 0 radical (unpaired) electrons. The summed E-state index contributed by atoms with van der Waals surface area (Å²) in [4.78, 5) is 0. The maximum absolute atomic E-state index is 6.23. The van der Waals surface area contributed by atoms with Gasteiger partial charge < -0.3 is 10.5 Å². The lowest BCUT2D eigenvalue weighted by Gasteiger charge is -2.57. The SMILES string of the molecule is NC1CC(OC2CCC2)C12CCCCC2. The zero-order valence-electron chi connectivity index (χ0n) is 9.58. The van der Waals surface area contributed by atoms with Crippen molar-refractivity contribution in [2.45, 2.75) is 76.0 Å². The van der Waals surface area contributed by atoms with Gasteiger partial charge >= 0.3 is 0 Å². The van der Waals surface area contributed by atoms with E-state index in [2.05, 4.69) is 0 Å². The Labute approximate surface area is 92.6 Å². The summed E-state index contributed by atoms with van der Waals surface area (Å²) in [6, 6.07) is 0.433. The van der Waals surface area contributed by atoms with E-state index in [0.29, 0.717) is 23.7 Å². The van der Waals surface area contributed by atoms with Gasteiger partial charge in [0, 0.05) is 11.5 Å². The zero-order valence-corrected chi connectivity index (χ0v) is 9.58. The van der Waals surface area contributed by atoms with Gasteiger partial charge in [0.1, 0.15) is 0 Å². The highest BCUT2D eigenvalue weighted by Crippen LogP contribution is 2.53. The van der Waals surface area contributed by atoms with Gasteiger partial charge in [-0.25, -0.2) is 0 Å². The first kappa shape index (κ1) is 10.1. The van der Waals surface area contributed by atoms with Gasteiger partial charge in [-0.15, -0.1) is 0 Å². The molecule has 0 aromatic heterocycles. The van der Waals surface area contributed by atoms with Crippen LogP contribution in [0.15, 0.2) is 0 Å². The van der Waals surface area contributed by atoms with Crippen molar-refractivity contribution >= 4 is 0 Å². The van der Waals surface area contributed by atoms with E-state index in [0.717, 1.165) is 6.42 Å². The molecule has 0 amide bonds. The summed E-state index contributed by atoms with van der Waals surface area (Å²) in [6.45, 7) is 0. The molecular formula is C13H23NO. The topological polar surface area (TPSA) is 35.2 Å². The maximum atomic E-state index is 6.23. The number of hydrogen-bond donors (Lipinski definition) is 1. The van der Waals surface area contributed by atoms with Gasteiger partial charge in [0.2, 0.25) is 0 Å². The minimum absolute atomic E-state index is 0.397. The molecule has 0 aromatic rings. The molecule has 3 fully saturated rings. The Kier molecular flexibility index (Phi) is 2.52. The molecule has 2 nitrogen and oxygen atoms in total. The minimum atomic E-state index is 0.397. The van der Waals surface area contributed by atoms with Crippen molar-refractivity contribution in [1.82, 2.24) is 0 Å². The van der Waals surface area contributed by atoms with Crippen LogP contribution in [0.5, 0.6) is 0 Å². The van der Waals surface area contributed by atoms with Crippen LogP contribution >= 0.6 is 0 Å². The number of nitrogens with two attached hydrogens (primary N) is 1. The summed E-state index contributed by atoms with van der Waals surface area (Å²) < 4.78 is 6.21. The fourth-order valence-electron chi connectivity index (χ4n) is 3.61. The van der Waals surface area contributed by atoms with Crippen LogP contribution in [0.3, 0.4) is 0 Å². The van der Waals surface area contributed by atoms with Crippen molar-refractivity contribution in [1.29, 1.82) is 0 Å². The molecule has 1 spiro atoms. The van der Waals surface area contributed by atoms with Crippen LogP contribution in [0, 0.1) is 5.41 Å². The van der Waals surface area contributed by atoms with E-state index < -0.39 is 0 Å².